The second kappa shape index (κ2) is 8.20. The number of rotatable bonds is 4. The van der Waals surface area contributed by atoms with Gasteiger partial charge >= 0.3 is 5.69 Å². The van der Waals surface area contributed by atoms with Crippen molar-refractivity contribution in [1.29, 1.82) is 0 Å². The molecule has 1 aromatic carbocycles. The fraction of sp³-hybridized carbons (Fsp3) is 0.450. The molecule has 0 spiro atoms. The fourth-order valence-corrected chi connectivity index (χ4v) is 3.46. The lowest BCUT2D eigenvalue weighted by Crippen LogP contribution is -2.51. The molecule has 1 saturated heterocycles. The highest BCUT2D eigenvalue weighted by Crippen LogP contribution is 2.22. The Kier molecular flexibility index (Phi) is 5.88. The number of aryl methyl sites for hydroxylation is 1. The van der Waals surface area contributed by atoms with Gasteiger partial charge in [0, 0.05) is 40.3 Å². The Morgan fingerprint density at radius 1 is 1.10 bits per heavy atom. The van der Waals surface area contributed by atoms with E-state index in [9.17, 15) is 18.8 Å². The number of amides is 1. The van der Waals surface area contributed by atoms with Crippen LogP contribution in [0.4, 0.5) is 15.9 Å². The summed E-state index contributed by atoms with van der Waals surface area (Å²) in [7, 11) is 2.77. The number of likely N-dealkylation sites (N-methyl/N-ethyl adjacent to an activating group) is 1. The van der Waals surface area contributed by atoms with Crippen molar-refractivity contribution >= 4 is 17.4 Å². The van der Waals surface area contributed by atoms with Gasteiger partial charge in [-0.3, -0.25) is 18.7 Å². The van der Waals surface area contributed by atoms with Gasteiger partial charge in [-0.15, -0.1) is 0 Å². The first-order valence-electron chi connectivity index (χ1n) is 9.59. The number of carbonyl (C=O) groups excluding carboxylic acids is 1. The highest BCUT2D eigenvalue weighted by molar-refractivity contribution is 5.99. The monoisotopic (exact) mass is 403 g/mol. The van der Waals surface area contributed by atoms with Crippen LogP contribution < -0.4 is 16.6 Å². The molecule has 0 aliphatic carbocycles. The minimum atomic E-state index is -0.703. The molecule has 0 saturated carbocycles. The van der Waals surface area contributed by atoms with Gasteiger partial charge < -0.3 is 15.1 Å². The number of aromatic nitrogens is 2. The van der Waals surface area contributed by atoms with Crippen LogP contribution in [0.15, 0.2) is 27.8 Å². The second-order valence-corrected chi connectivity index (χ2v) is 7.26. The molecule has 1 amide bonds. The molecule has 3 rings (SSSR count). The number of nitrogens with zero attached hydrogens (tertiary/aromatic N) is 4. The van der Waals surface area contributed by atoms with Gasteiger partial charge in [0.05, 0.1) is 5.69 Å². The van der Waals surface area contributed by atoms with Crippen molar-refractivity contribution in [3.63, 3.8) is 0 Å². The SMILES string of the molecule is CCN1CCN(C(=O)c2c(Nc3ccc(C)cc3F)n(C)c(=O)n(C)c2=O)CC1. The Labute approximate surface area is 168 Å². The molecule has 1 fully saturated rings. The van der Waals surface area contributed by atoms with Crippen molar-refractivity contribution in [2.75, 3.05) is 38.0 Å². The molecule has 2 heterocycles. The van der Waals surface area contributed by atoms with Crippen LogP contribution in [0.5, 0.6) is 0 Å². The van der Waals surface area contributed by atoms with Crippen molar-refractivity contribution < 1.29 is 9.18 Å². The number of piperazine rings is 1. The lowest BCUT2D eigenvalue weighted by molar-refractivity contribution is 0.0641. The van der Waals surface area contributed by atoms with Gasteiger partial charge in [-0.1, -0.05) is 13.0 Å². The predicted octanol–water partition coefficient (Wildman–Crippen LogP) is 1.05. The second-order valence-electron chi connectivity index (χ2n) is 7.26. The molecule has 0 unspecified atom stereocenters. The van der Waals surface area contributed by atoms with Gasteiger partial charge in [0.2, 0.25) is 0 Å². The summed E-state index contributed by atoms with van der Waals surface area (Å²) in [5, 5.41) is 2.80. The quantitative estimate of drug-likeness (QED) is 0.826. The van der Waals surface area contributed by atoms with Gasteiger partial charge in [0.15, 0.2) is 0 Å². The zero-order valence-corrected chi connectivity index (χ0v) is 17.2. The van der Waals surface area contributed by atoms with Gasteiger partial charge in [-0.2, -0.15) is 0 Å². The van der Waals surface area contributed by atoms with Crippen LogP contribution in [-0.4, -0.2) is 57.6 Å². The molecule has 1 aliphatic rings. The summed E-state index contributed by atoms with van der Waals surface area (Å²) in [5.41, 5.74) is -0.650. The molecule has 2 aromatic rings. The third-order valence-electron chi connectivity index (χ3n) is 5.36. The van der Waals surface area contributed by atoms with E-state index in [4.69, 9.17) is 0 Å². The molecule has 0 radical (unpaired) electrons. The van der Waals surface area contributed by atoms with Crippen LogP contribution in [-0.2, 0) is 14.1 Å². The van der Waals surface area contributed by atoms with Gasteiger partial charge in [-0.05, 0) is 31.2 Å². The molecule has 0 atom stereocenters. The van der Waals surface area contributed by atoms with Gasteiger partial charge in [0.25, 0.3) is 11.5 Å². The van der Waals surface area contributed by atoms with Gasteiger partial charge in [0.1, 0.15) is 17.2 Å². The van der Waals surface area contributed by atoms with Crippen molar-refractivity contribution in [2.24, 2.45) is 14.1 Å². The van der Waals surface area contributed by atoms with E-state index < -0.39 is 23.0 Å². The largest absolute Gasteiger partial charge is 0.338 e. The van der Waals surface area contributed by atoms with E-state index in [1.54, 1.807) is 17.9 Å². The maximum atomic E-state index is 14.4. The summed E-state index contributed by atoms with van der Waals surface area (Å²) in [5.74, 6) is -1.01. The van der Waals surface area contributed by atoms with E-state index in [0.717, 1.165) is 21.2 Å². The number of hydrogen-bond donors (Lipinski definition) is 1. The van der Waals surface area contributed by atoms with Crippen molar-refractivity contribution in [2.45, 2.75) is 13.8 Å². The highest BCUT2D eigenvalue weighted by atomic mass is 19.1. The van der Waals surface area contributed by atoms with Crippen LogP contribution in [0.25, 0.3) is 0 Å². The minimum Gasteiger partial charge on any atom is -0.338 e. The first-order chi connectivity index (χ1) is 13.7. The van der Waals surface area contributed by atoms with E-state index in [1.807, 2.05) is 0 Å². The van der Waals surface area contributed by atoms with Crippen LogP contribution in [0.3, 0.4) is 0 Å². The van der Waals surface area contributed by atoms with Crippen molar-refractivity contribution in [1.82, 2.24) is 18.9 Å². The fourth-order valence-electron chi connectivity index (χ4n) is 3.46. The Bertz CT molecular complexity index is 1050. The Hall–Kier alpha value is -2.94. The van der Waals surface area contributed by atoms with Gasteiger partial charge in [-0.25, -0.2) is 9.18 Å². The lowest BCUT2D eigenvalue weighted by atomic mass is 10.2. The molecular weight excluding hydrogens is 377 g/mol. The molecule has 8 nitrogen and oxygen atoms in total. The standard InChI is InChI=1S/C20H26FN5O3/c1-5-25-8-10-26(11-9-25)19(28)16-17(23(3)20(29)24(4)18(16)27)22-15-7-6-13(2)12-14(15)21/h6-7,12,22H,5,8-11H2,1-4H3. The topological polar surface area (TPSA) is 79.6 Å². The van der Waals surface area contributed by atoms with Crippen LogP contribution in [0, 0.1) is 12.7 Å². The zero-order chi connectivity index (χ0) is 21.3. The molecule has 9 heteroatoms. The van der Waals surface area contributed by atoms with Crippen molar-refractivity contribution in [3.05, 3.63) is 56.0 Å². The summed E-state index contributed by atoms with van der Waals surface area (Å²) in [6, 6.07) is 4.56. The molecule has 1 N–H and O–H groups in total. The normalized spacial score (nSPS) is 14.9. The van der Waals surface area contributed by atoms with Crippen LogP contribution in [0.2, 0.25) is 0 Å². The molecular formula is C20H26FN5O3. The average molecular weight is 403 g/mol. The van der Waals surface area contributed by atoms with E-state index >= 15 is 0 Å². The lowest BCUT2D eigenvalue weighted by Gasteiger charge is -2.34. The Morgan fingerprint density at radius 3 is 2.34 bits per heavy atom. The highest BCUT2D eigenvalue weighted by Gasteiger charge is 2.29. The van der Waals surface area contributed by atoms with E-state index in [0.29, 0.717) is 26.2 Å². The van der Waals surface area contributed by atoms with Crippen LogP contribution >= 0.6 is 0 Å². The van der Waals surface area contributed by atoms with Crippen molar-refractivity contribution in [3.8, 4) is 0 Å². The summed E-state index contributed by atoms with van der Waals surface area (Å²) in [6.07, 6.45) is 0. The number of carbonyl (C=O) groups is 1. The molecule has 1 aliphatic heterocycles. The number of hydrogen-bond acceptors (Lipinski definition) is 5. The summed E-state index contributed by atoms with van der Waals surface area (Å²) < 4.78 is 16.4. The number of benzene rings is 1. The van der Waals surface area contributed by atoms with Crippen LogP contribution in [0.1, 0.15) is 22.8 Å². The van der Waals surface area contributed by atoms with E-state index in [-0.39, 0.29) is 17.1 Å². The molecule has 1 aromatic heterocycles. The first kappa shape index (κ1) is 20.8. The van der Waals surface area contributed by atoms with E-state index in [2.05, 4.69) is 17.1 Å². The first-order valence-corrected chi connectivity index (χ1v) is 9.59. The summed E-state index contributed by atoms with van der Waals surface area (Å²) >= 11 is 0. The number of nitrogens with one attached hydrogen (secondary N) is 1. The molecule has 0 bridgehead atoms. The Morgan fingerprint density at radius 2 is 1.76 bits per heavy atom. The third-order valence-corrected chi connectivity index (χ3v) is 5.36. The van der Waals surface area contributed by atoms with E-state index in [1.165, 1.54) is 26.2 Å². The maximum absolute atomic E-state index is 14.4. The molecule has 156 valence electrons. The predicted molar refractivity (Wildman–Crippen MR) is 109 cm³/mol. The Balaban J connectivity index is 2.07. The summed E-state index contributed by atoms with van der Waals surface area (Å²) in [6.45, 7) is 7.09. The smallest absolute Gasteiger partial charge is 0.332 e. The third kappa shape index (κ3) is 3.95. The minimum absolute atomic E-state index is 0.0104. The zero-order valence-electron chi connectivity index (χ0n) is 17.2. The molecule has 29 heavy (non-hydrogen) atoms. The summed E-state index contributed by atoms with van der Waals surface area (Å²) in [4.78, 5) is 42.3. The average Bonchev–Trinajstić information content (AvgIpc) is 2.72. The number of anilines is 2. The maximum Gasteiger partial charge on any atom is 0.332 e. The number of halogens is 1.